The summed E-state index contributed by atoms with van der Waals surface area (Å²) < 4.78 is 5.61. The second-order valence-electron chi connectivity index (χ2n) is 3.94. The quantitative estimate of drug-likeness (QED) is 0.866. The molecule has 0 fully saturated rings. The van der Waals surface area contributed by atoms with Crippen molar-refractivity contribution in [1.82, 2.24) is 0 Å². The summed E-state index contributed by atoms with van der Waals surface area (Å²) in [7, 11) is 0. The van der Waals surface area contributed by atoms with Crippen LogP contribution in [0.4, 0.5) is 0 Å². The number of benzene rings is 1. The molecule has 0 saturated heterocycles. The van der Waals surface area contributed by atoms with Crippen LogP contribution < -0.4 is 10.5 Å². The Morgan fingerprint density at radius 3 is 2.65 bits per heavy atom. The summed E-state index contributed by atoms with van der Waals surface area (Å²) in [5.74, 6) is 0.323. The molecule has 0 aromatic heterocycles. The molecule has 0 unspecified atom stereocenters. The topological polar surface area (TPSA) is 52.3 Å². The summed E-state index contributed by atoms with van der Waals surface area (Å²) in [5, 5.41) is 0. The van der Waals surface area contributed by atoms with E-state index in [0.717, 1.165) is 18.6 Å². The van der Waals surface area contributed by atoms with E-state index in [-0.39, 0.29) is 1.43 Å². The van der Waals surface area contributed by atoms with Crippen LogP contribution in [0.5, 0.6) is 5.75 Å². The number of hydrogen-bond acceptors (Lipinski definition) is 2. The highest BCUT2D eigenvalue weighted by atomic mass is 16.5. The largest absolute Gasteiger partial charge is 0.489 e. The van der Waals surface area contributed by atoms with E-state index in [2.05, 4.69) is 18.2 Å². The fraction of sp³-hybridized carbons (Fsp3) is 0.214. The molecule has 2 N–H and O–H groups in total. The summed E-state index contributed by atoms with van der Waals surface area (Å²) in [6.07, 6.45) is 8.60. The number of hydrogen-bond donors (Lipinski definition) is 1. The Labute approximate surface area is 102 Å². The molecule has 3 nitrogen and oxygen atoms in total. The van der Waals surface area contributed by atoms with Gasteiger partial charge in [0.05, 0.1) is 0 Å². The molecule has 0 bridgehead atoms. The lowest BCUT2D eigenvalue weighted by Crippen LogP contribution is -2.10. The predicted octanol–water partition coefficient (Wildman–Crippen LogP) is 2.69. The van der Waals surface area contributed by atoms with Crippen LogP contribution in [0.3, 0.4) is 0 Å². The zero-order valence-corrected chi connectivity index (χ0v) is 9.56. The Morgan fingerprint density at radius 1 is 1.29 bits per heavy atom. The Bertz CT molecular complexity index is 463. The molecule has 1 amide bonds. The van der Waals surface area contributed by atoms with E-state index in [1.54, 1.807) is 24.3 Å². The summed E-state index contributed by atoms with van der Waals surface area (Å²) >= 11 is 0. The molecule has 17 heavy (non-hydrogen) atoms. The molecule has 1 aromatic rings. The first-order valence-electron chi connectivity index (χ1n) is 5.64. The van der Waals surface area contributed by atoms with Gasteiger partial charge in [0.2, 0.25) is 5.91 Å². The van der Waals surface area contributed by atoms with Crippen LogP contribution in [0, 0.1) is 0 Å². The van der Waals surface area contributed by atoms with E-state index < -0.39 is 5.91 Å². The Morgan fingerprint density at radius 2 is 2.06 bits per heavy atom. The maximum Gasteiger partial charge on any atom is 0.248 e. The van der Waals surface area contributed by atoms with Gasteiger partial charge in [-0.15, -0.1) is 0 Å². The maximum absolute atomic E-state index is 10.9. The summed E-state index contributed by atoms with van der Waals surface area (Å²) in [6, 6.07) is 6.85. The number of ether oxygens (including phenoxy) is 1. The van der Waals surface area contributed by atoms with Crippen molar-refractivity contribution >= 4 is 5.91 Å². The predicted molar refractivity (Wildman–Crippen MR) is 69.0 cm³/mol. The van der Waals surface area contributed by atoms with Gasteiger partial charge in [-0.3, -0.25) is 4.79 Å². The van der Waals surface area contributed by atoms with E-state index in [0.29, 0.717) is 12.2 Å². The van der Waals surface area contributed by atoms with Crippen LogP contribution in [0.2, 0.25) is 0 Å². The zero-order chi connectivity index (χ0) is 12.1. The third kappa shape index (κ3) is 3.21. The molecule has 1 aliphatic carbocycles. The normalized spacial score (nSPS) is 14.2. The third-order valence-electron chi connectivity index (χ3n) is 2.62. The Balaban J connectivity index is 0.00000162. The van der Waals surface area contributed by atoms with Crippen LogP contribution >= 0.6 is 0 Å². The SMILES string of the molecule is NC(=O)c1ccc(OCC2=CCCC=C2)cc1.[HH]. The minimum absolute atomic E-state index is 0. The highest BCUT2D eigenvalue weighted by molar-refractivity contribution is 5.92. The molecular formula is C14H17NO2. The second kappa shape index (κ2) is 5.34. The zero-order valence-electron chi connectivity index (χ0n) is 9.56. The van der Waals surface area contributed by atoms with E-state index in [1.807, 2.05) is 0 Å². The van der Waals surface area contributed by atoms with E-state index in [9.17, 15) is 4.79 Å². The van der Waals surface area contributed by atoms with E-state index >= 15 is 0 Å². The number of primary amides is 1. The molecular weight excluding hydrogens is 214 g/mol. The monoisotopic (exact) mass is 231 g/mol. The molecule has 3 heteroatoms. The number of carbonyl (C=O) groups is 1. The molecule has 0 saturated carbocycles. The number of rotatable bonds is 4. The van der Waals surface area contributed by atoms with Crippen molar-refractivity contribution in [1.29, 1.82) is 0 Å². The Hall–Kier alpha value is -2.03. The molecule has 1 aliphatic rings. The minimum atomic E-state index is -0.422. The van der Waals surface area contributed by atoms with Gasteiger partial charge in [-0.25, -0.2) is 0 Å². The van der Waals surface area contributed by atoms with Crippen LogP contribution in [0.25, 0.3) is 0 Å². The van der Waals surface area contributed by atoms with Crippen molar-refractivity contribution < 1.29 is 11.0 Å². The number of nitrogens with two attached hydrogens (primary N) is 1. The van der Waals surface area contributed by atoms with Crippen molar-refractivity contribution in [2.45, 2.75) is 12.8 Å². The summed E-state index contributed by atoms with van der Waals surface area (Å²) in [5.41, 5.74) is 6.84. The number of carbonyl (C=O) groups excluding carboxylic acids is 1. The average Bonchev–Trinajstić information content (AvgIpc) is 2.38. The lowest BCUT2D eigenvalue weighted by Gasteiger charge is -2.09. The molecule has 0 spiro atoms. The van der Waals surface area contributed by atoms with Crippen LogP contribution in [-0.2, 0) is 0 Å². The van der Waals surface area contributed by atoms with Crippen LogP contribution in [0.15, 0.2) is 48.1 Å². The molecule has 90 valence electrons. The first kappa shape index (κ1) is 11.5. The van der Waals surface area contributed by atoms with E-state index in [4.69, 9.17) is 10.5 Å². The van der Waals surface area contributed by atoms with Gasteiger partial charge in [0.15, 0.2) is 0 Å². The van der Waals surface area contributed by atoms with Crippen molar-refractivity contribution in [2.24, 2.45) is 5.73 Å². The fourth-order valence-electron chi connectivity index (χ4n) is 1.66. The van der Waals surface area contributed by atoms with Crippen molar-refractivity contribution in [3.05, 3.63) is 53.6 Å². The summed E-state index contributed by atoms with van der Waals surface area (Å²) in [6.45, 7) is 0.562. The van der Waals surface area contributed by atoms with Crippen molar-refractivity contribution in [3.63, 3.8) is 0 Å². The summed E-state index contributed by atoms with van der Waals surface area (Å²) in [4.78, 5) is 10.9. The molecule has 2 rings (SSSR count). The van der Waals surface area contributed by atoms with E-state index in [1.165, 1.54) is 5.57 Å². The van der Waals surface area contributed by atoms with Crippen LogP contribution in [-0.4, -0.2) is 12.5 Å². The lowest BCUT2D eigenvalue weighted by atomic mass is 10.1. The van der Waals surface area contributed by atoms with Gasteiger partial charge in [-0.1, -0.05) is 18.2 Å². The Kier molecular flexibility index (Phi) is 3.60. The van der Waals surface area contributed by atoms with Crippen molar-refractivity contribution in [3.8, 4) is 5.75 Å². The van der Waals surface area contributed by atoms with Gasteiger partial charge in [0, 0.05) is 6.99 Å². The smallest absolute Gasteiger partial charge is 0.248 e. The lowest BCUT2D eigenvalue weighted by molar-refractivity contribution is 0.100. The van der Waals surface area contributed by atoms with Gasteiger partial charge >= 0.3 is 0 Å². The van der Waals surface area contributed by atoms with Gasteiger partial charge in [0.25, 0.3) is 0 Å². The molecule has 0 atom stereocenters. The molecule has 1 aromatic carbocycles. The molecule has 0 heterocycles. The minimum Gasteiger partial charge on any atom is -0.489 e. The number of allylic oxidation sites excluding steroid dienone is 2. The standard InChI is InChI=1S/C14H15NO2.H2/c15-14(16)12-6-8-13(9-7-12)17-10-11-4-2-1-3-5-11;/h2,4-9H,1,3,10H2,(H2,15,16);1H. The first-order chi connectivity index (χ1) is 8.25. The van der Waals surface area contributed by atoms with Crippen molar-refractivity contribution in [2.75, 3.05) is 6.61 Å². The highest BCUT2D eigenvalue weighted by Gasteiger charge is 2.02. The molecule has 0 radical (unpaired) electrons. The number of amides is 1. The van der Waals surface area contributed by atoms with Gasteiger partial charge in [-0.05, 0) is 42.7 Å². The first-order valence-corrected chi connectivity index (χ1v) is 5.64. The molecule has 0 aliphatic heterocycles. The van der Waals surface area contributed by atoms with Gasteiger partial charge in [0.1, 0.15) is 12.4 Å². The van der Waals surface area contributed by atoms with Gasteiger partial charge in [-0.2, -0.15) is 0 Å². The average molecular weight is 231 g/mol. The highest BCUT2D eigenvalue weighted by Crippen LogP contribution is 2.15. The third-order valence-corrected chi connectivity index (χ3v) is 2.62. The van der Waals surface area contributed by atoms with Crippen LogP contribution in [0.1, 0.15) is 24.6 Å². The second-order valence-corrected chi connectivity index (χ2v) is 3.94. The fourth-order valence-corrected chi connectivity index (χ4v) is 1.66. The van der Waals surface area contributed by atoms with Gasteiger partial charge < -0.3 is 10.5 Å². The maximum atomic E-state index is 10.9.